The van der Waals surface area contributed by atoms with E-state index in [-0.39, 0.29) is 19.3 Å². The highest BCUT2D eigenvalue weighted by atomic mass is 16.3. The van der Waals surface area contributed by atoms with Crippen LogP contribution in [0.15, 0.2) is 48.5 Å². The summed E-state index contributed by atoms with van der Waals surface area (Å²) in [5, 5.41) is 18.3. The summed E-state index contributed by atoms with van der Waals surface area (Å²) >= 11 is 0. The van der Waals surface area contributed by atoms with Gasteiger partial charge in [0.25, 0.3) is 0 Å². The van der Waals surface area contributed by atoms with Gasteiger partial charge in [-0.15, -0.1) is 0 Å². The maximum Gasteiger partial charge on any atom is 0.0687 e. The lowest BCUT2D eigenvalue weighted by Crippen LogP contribution is -2.11. The van der Waals surface area contributed by atoms with Gasteiger partial charge >= 0.3 is 0 Å². The number of rotatable bonds is 5. The van der Waals surface area contributed by atoms with Gasteiger partial charge in [-0.3, -0.25) is 0 Å². The third-order valence-electron chi connectivity index (χ3n) is 3.25. The first-order chi connectivity index (χ1) is 9.26. The van der Waals surface area contributed by atoms with E-state index >= 15 is 0 Å². The predicted octanol–water partition coefficient (Wildman–Crippen LogP) is 2.23. The highest BCUT2D eigenvalue weighted by Gasteiger charge is 2.08. The largest absolute Gasteiger partial charge is 0.396 e. The Balaban J connectivity index is 2.37. The number of aliphatic hydroxyl groups excluding tert-OH is 2. The van der Waals surface area contributed by atoms with Crippen LogP contribution in [0.2, 0.25) is 0 Å². The maximum absolute atomic E-state index is 9.38. The number of aliphatic hydroxyl groups is 2. The van der Waals surface area contributed by atoms with Gasteiger partial charge in [-0.2, -0.15) is 0 Å². The summed E-state index contributed by atoms with van der Waals surface area (Å²) in [5.41, 5.74) is 9.97. The molecule has 0 saturated carbocycles. The summed E-state index contributed by atoms with van der Waals surface area (Å²) in [6, 6.07) is 15.6. The molecule has 1 unspecified atom stereocenters. The molecule has 0 amide bonds. The van der Waals surface area contributed by atoms with Crippen LogP contribution in [0, 0.1) is 0 Å². The first kappa shape index (κ1) is 13.7. The molecule has 0 bridgehead atoms. The quantitative estimate of drug-likeness (QED) is 0.769. The van der Waals surface area contributed by atoms with Gasteiger partial charge in [0.15, 0.2) is 0 Å². The van der Waals surface area contributed by atoms with Crippen molar-refractivity contribution in [1.29, 1.82) is 0 Å². The lowest BCUT2D eigenvalue weighted by atomic mass is 9.96. The summed E-state index contributed by atoms with van der Waals surface area (Å²) in [4.78, 5) is 0. The van der Waals surface area contributed by atoms with E-state index in [0.29, 0.717) is 6.42 Å². The minimum atomic E-state index is -0.161. The second kappa shape index (κ2) is 6.48. The third-order valence-corrected chi connectivity index (χ3v) is 3.25. The van der Waals surface area contributed by atoms with Crippen molar-refractivity contribution >= 4 is 0 Å². The number of hydrogen-bond acceptors (Lipinski definition) is 3. The third kappa shape index (κ3) is 3.20. The number of benzene rings is 2. The maximum atomic E-state index is 9.38. The molecular weight excluding hydrogens is 238 g/mol. The van der Waals surface area contributed by atoms with Crippen molar-refractivity contribution in [2.75, 3.05) is 6.61 Å². The van der Waals surface area contributed by atoms with Crippen LogP contribution in [0.1, 0.15) is 23.6 Å². The first-order valence-corrected chi connectivity index (χ1v) is 6.41. The summed E-state index contributed by atoms with van der Waals surface area (Å²) in [6.07, 6.45) is 0.547. The van der Waals surface area contributed by atoms with Crippen LogP contribution in [0.25, 0.3) is 11.1 Å². The van der Waals surface area contributed by atoms with Crippen molar-refractivity contribution in [1.82, 2.24) is 0 Å². The summed E-state index contributed by atoms with van der Waals surface area (Å²) in [7, 11) is 0. The van der Waals surface area contributed by atoms with Crippen LogP contribution in [0.5, 0.6) is 0 Å². The van der Waals surface area contributed by atoms with E-state index in [2.05, 4.69) is 0 Å². The molecule has 0 aliphatic carbocycles. The molecule has 100 valence electrons. The molecule has 0 heterocycles. The Morgan fingerprint density at radius 1 is 1.00 bits per heavy atom. The van der Waals surface area contributed by atoms with Gasteiger partial charge in [0.2, 0.25) is 0 Å². The molecule has 0 fully saturated rings. The van der Waals surface area contributed by atoms with Crippen LogP contribution < -0.4 is 5.73 Å². The van der Waals surface area contributed by atoms with Crippen LogP contribution in [-0.4, -0.2) is 16.8 Å². The van der Waals surface area contributed by atoms with Crippen molar-refractivity contribution in [3.05, 3.63) is 59.7 Å². The van der Waals surface area contributed by atoms with Crippen LogP contribution in [-0.2, 0) is 6.61 Å². The minimum Gasteiger partial charge on any atom is -0.396 e. The Morgan fingerprint density at radius 3 is 2.53 bits per heavy atom. The zero-order valence-electron chi connectivity index (χ0n) is 10.8. The van der Waals surface area contributed by atoms with Crippen LogP contribution >= 0.6 is 0 Å². The number of hydrogen-bond donors (Lipinski definition) is 3. The fourth-order valence-electron chi connectivity index (χ4n) is 2.18. The van der Waals surface area contributed by atoms with Gasteiger partial charge in [0, 0.05) is 12.6 Å². The predicted molar refractivity (Wildman–Crippen MR) is 76.4 cm³/mol. The molecule has 0 aliphatic heterocycles. The van der Waals surface area contributed by atoms with Gasteiger partial charge in [0.1, 0.15) is 0 Å². The van der Waals surface area contributed by atoms with Gasteiger partial charge in [0.05, 0.1) is 6.61 Å². The van der Waals surface area contributed by atoms with E-state index in [4.69, 9.17) is 10.8 Å². The monoisotopic (exact) mass is 257 g/mol. The molecule has 3 nitrogen and oxygen atoms in total. The average molecular weight is 257 g/mol. The molecule has 0 radical (unpaired) electrons. The van der Waals surface area contributed by atoms with Gasteiger partial charge in [-0.05, 0) is 34.7 Å². The molecule has 0 aliphatic rings. The Morgan fingerprint density at radius 2 is 1.79 bits per heavy atom. The fourth-order valence-corrected chi connectivity index (χ4v) is 2.18. The van der Waals surface area contributed by atoms with Crippen molar-refractivity contribution in [2.24, 2.45) is 5.73 Å². The molecule has 0 saturated heterocycles. The van der Waals surface area contributed by atoms with Crippen molar-refractivity contribution < 1.29 is 10.2 Å². The van der Waals surface area contributed by atoms with Gasteiger partial charge in [-0.25, -0.2) is 0 Å². The molecular formula is C16H19NO2. The zero-order valence-corrected chi connectivity index (χ0v) is 10.8. The fraction of sp³-hybridized carbons (Fsp3) is 0.250. The Bertz CT molecular complexity index is 540. The van der Waals surface area contributed by atoms with Crippen molar-refractivity contribution in [3.63, 3.8) is 0 Å². The summed E-state index contributed by atoms with van der Waals surface area (Å²) in [5.74, 6) is 0. The molecule has 4 N–H and O–H groups in total. The smallest absolute Gasteiger partial charge is 0.0687 e. The first-order valence-electron chi connectivity index (χ1n) is 6.41. The van der Waals surface area contributed by atoms with Crippen molar-refractivity contribution in [2.45, 2.75) is 19.1 Å². The van der Waals surface area contributed by atoms with Gasteiger partial charge in [-0.1, -0.05) is 42.5 Å². The van der Waals surface area contributed by atoms with E-state index in [0.717, 1.165) is 22.3 Å². The topological polar surface area (TPSA) is 66.5 Å². The Hall–Kier alpha value is -1.68. The molecule has 2 rings (SSSR count). The molecule has 1 atom stereocenters. The van der Waals surface area contributed by atoms with Gasteiger partial charge < -0.3 is 15.9 Å². The highest BCUT2D eigenvalue weighted by Crippen LogP contribution is 2.26. The summed E-state index contributed by atoms with van der Waals surface area (Å²) < 4.78 is 0. The lowest BCUT2D eigenvalue weighted by Gasteiger charge is -2.13. The van der Waals surface area contributed by atoms with E-state index < -0.39 is 0 Å². The summed E-state index contributed by atoms with van der Waals surface area (Å²) in [6.45, 7) is 0.0989. The normalized spacial score (nSPS) is 12.4. The molecule has 0 spiro atoms. The Labute approximate surface area is 113 Å². The van der Waals surface area contributed by atoms with Crippen LogP contribution in [0.3, 0.4) is 0 Å². The molecule has 3 heteroatoms. The zero-order chi connectivity index (χ0) is 13.7. The molecule has 2 aromatic carbocycles. The standard InChI is InChI=1S/C16H19NO2/c17-16(8-9-18)13-6-3-5-12(10-13)15-7-2-1-4-14(15)11-19/h1-7,10,16,18-19H,8-9,11,17H2. The second-order valence-corrected chi connectivity index (χ2v) is 4.56. The Kier molecular flexibility index (Phi) is 4.68. The van der Waals surface area contributed by atoms with E-state index in [9.17, 15) is 5.11 Å². The lowest BCUT2D eigenvalue weighted by molar-refractivity contribution is 0.276. The highest BCUT2D eigenvalue weighted by molar-refractivity contribution is 5.68. The van der Waals surface area contributed by atoms with E-state index in [1.165, 1.54) is 0 Å². The van der Waals surface area contributed by atoms with Crippen LogP contribution in [0.4, 0.5) is 0 Å². The second-order valence-electron chi connectivity index (χ2n) is 4.56. The van der Waals surface area contributed by atoms with E-state index in [1.807, 2.05) is 48.5 Å². The molecule has 2 aromatic rings. The molecule has 19 heavy (non-hydrogen) atoms. The molecule has 0 aromatic heterocycles. The number of nitrogens with two attached hydrogens (primary N) is 1. The minimum absolute atomic E-state index is 0.0170. The average Bonchev–Trinajstić information content (AvgIpc) is 2.47. The van der Waals surface area contributed by atoms with Crippen molar-refractivity contribution in [3.8, 4) is 11.1 Å². The SMILES string of the molecule is NC(CCO)c1cccc(-c2ccccc2CO)c1. The van der Waals surface area contributed by atoms with E-state index in [1.54, 1.807) is 0 Å².